The van der Waals surface area contributed by atoms with Gasteiger partial charge in [-0.05, 0) is 37.4 Å². The maximum atomic E-state index is 8.92. The third kappa shape index (κ3) is 2.29. The van der Waals surface area contributed by atoms with Gasteiger partial charge in [-0.1, -0.05) is 11.6 Å². The van der Waals surface area contributed by atoms with Gasteiger partial charge in [0.1, 0.15) is 11.8 Å². The fourth-order valence-corrected chi connectivity index (χ4v) is 1.99. The van der Waals surface area contributed by atoms with Crippen LogP contribution in [-0.2, 0) is 0 Å². The van der Waals surface area contributed by atoms with Crippen LogP contribution in [0, 0.1) is 17.2 Å². The standard InChI is InChI=1S/C12H13ClN2O/c13-10-2-1-9(7-15)12(5-10)16-11-3-8(4-11)6-14/h1-2,5,8,11H,3-4,6,14H2. The van der Waals surface area contributed by atoms with Gasteiger partial charge in [0, 0.05) is 11.1 Å². The van der Waals surface area contributed by atoms with Crippen molar-refractivity contribution in [3.8, 4) is 11.8 Å². The van der Waals surface area contributed by atoms with E-state index in [1.165, 1.54) is 0 Å². The Balaban J connectivity index is 2.04. The van der Waals surface area contributed by atoms with Gasteiger partial charge in [-0.15, -0.1) is 0 Å². The Kier molecular flexibility index (Phi) is 3.33. The fourth-order valence-electron chi connectivity index (χ4n) is 1.83. The molecule has 0 unspecified atom stereocenters. The lowest BCUT2D eigenvalue weighted by Gasteiger charge is -2.34. The molecular weight excluding hydrogens is 224 g/mol. The molecule has 2 rings (SSSR count). The monoisotopic (exact) mass is 236 g/mol. The number of nitrogens with two attached hydrogens (primary N) is 1. The Labute approximate surface area is 99.8 Å². The first-order chi connectivity index (χ1) is 7.72. The summed E-state index contributed by atoms with van der Waals surface area (Å²) in [5, 5.41) is 9.50. The highest BCUT2D eigenvalue weighted by atomic mass is 35.5. The average Bonchev–Trinajstić information content (AvgIpc) is 2.23. The molecule has 0 bridgehead atoms. The first-order valence-electron chi connectivity index (χ1n) is 5.29. The Bertz CT molecular complexity index is 422. The Morgan fingerprint density at radius 1 is 1.50 bits per heavy atom. The molecule has 0 aliphatic heterocycles. The average molecular weight is 237 g/mol. The summed E-state index contributed by atoms with van der Waals surface area (Å²) < 4.78 is 5.72. The zero-order chi connectivity index (χ0) is 11.5. The molecule has 1 aromatic rings. The van der Waals surface area contributed by atoms with Crippen LogP contribution in [-0.4, -0.2) is 12.6 Å². The molecule has 16 heavy (non-hydrogen) atoms. The number of nitriles is 1. The van der Waals surface area contributed by atoms with E-state index in [-0.39, 0.29) is 6.10 Å². The van der Waals surface area contributed by atoms with Crippen LogP contribution in [0.2, 0.25) is 5.02 Å². The molecule has 1 fully saturated rings. The SMILES string of the molecule is N#Cc1ccc(Cl)cc1OC1CC(CN)C1. The second-order valence-electron chi connectivity index (χ2n) is 4.07. The van der Waals surface area contributed by atoms with E-state index >= 15 is 0 Å². The van der Waals surface area contributed by atoms with Crippen LogP contribution < -0.4 is 10.5 Å². The quantitative estimate of drug-likeness (QED) is 0.876. The lowest BCUT2D eigenvalue weighted by Crippen LogP contribution is -2.37. The predicted octanol–water partition coefficient (Wildman–Crippen LogP) is 2.33. The van der Waals surface area contributed by atoms with Crippen LogP contribution in [0.4, 0.5) is 0 Å². The van der Waals surface area contributed by atoms with Gasteiger partial charge < -0.3 is 10.5 Å². The van der Waals surface area contributed by atoms with E-state index in [0.717, 1.165) is 12.8 Å². The van der Waals surface area contributed by atoms with Gasteiger partial charge in [-0.3, -0.25) is 0 Å². The smallest absolute Gasteiger partial charge is 0.138 e. The van der Waals surface area contributed by atoms with Crippen LogP contribution >= 0.6 is 11.6 Å². The van der Waals surface area contributed by atoms with Gasteiger partial charge >= 0.3 is 0 Å². The molecule has 3 nitrogen and oxygen atoms in total. The van der Waals surface area contributed by atoms with Crippen molar-refractivity contribution in [1.29, 1.82) is 5.26 Å². The van der Waals surface area contributed by atoms with Crippen molar-refractivity contribution in [1.82, 2.24) is 0 Å². The molecule has 1 aromatic carbocycles. The summed E-state index contributed by atoms with van der Waals surface area (Å²) >= 11 is 5.86. The molecule has 0 radical (unpaired) electrons. The molecule has 2 N–H and O–H groups in total. The number of ether oxygens (including phenoxy) is 1. The molecule has 0 aromatic heterocycles. The van der Waals surface area contributed by atoms with Crippen molar-refractivity contribution in [3.63, 3.8) is 0 Å². The van der Waals surface area contributed by atoms with E-state index in [9.17, 15) is 0 Å². The zero-order valence-corrected chi connectivity index (χ0v) is 9.57. The van der Waals surface area contributed by atoms with Gasteiger partial charge in [0.05, 0.1) is 11.7 Å². The van der Waals surface area contributed by atoms with E-state index in [1.54, 1.807) is 18.2 Å². The van der Waals surface area contributed by atoms with Gasteiger partial charge in [0.2, 0.25) is 0 Å². The highest BCUT2D eigenvalue weighted by molar-refractivity contribution is 6.30. The summed E-state index contributed by atoms with van der Waals surface area (Å²) in [5.41, 5.74) is 6.07. The fraction of sp³-hybridized carbons (Fsp3) is 0.417. The first kappa shape index (κ1) is 11.3. The summed E-state index contributed by atoms with van der Waals surface area (Å²) in [5.74, 6) is 1.14. The second kappa shape index (κ2) is 4.73. The van der Waals surface area contributed by atoms with Crippen molar-refractivity contribution in [3.05, 3.63) is 28.8 Å². The van der Waals surface area contributed by atoms with Crippen molar-refractivity contribution in [2.75, 3.05) is 6.54 Å². The predicted molar refractivity (Wildman–Crippen MR) is 62.4 cm³/mol. The Hall–Kier alpha value is -1.24. The minimum atomic E-state index is 0.180. The van der Waals surface area contributed by atoms with Crippen LogP contribution in [0.1, 0.15) is 18.4 Å². The Morgan fingerprint density at radius 2 is 2.25 bits per heavy atom. The summed E-state index contributed by atoms with van der Waals surface area (Å²) in [6.07, 6.45) is 2.11. The molecule has 84 valence electrons. The van der Waals surface area contributed by atoms with Gasteiger partial charge in [0.25, 0.3) is 0 Å². The minimum absolute atomic E-state index is 0.180. The highest BCUT2D eigenvalue weighted by Gasteiger charge is 2.30. The molecule has 0 spiro atoms. The molecule has 1 saturated carbocycles. The molecule has 1 aliphatic carbocycles. The van der Waals surface area contributed by atoms with Crippen molar-refractivity contribution < 1.29 is 4.74 Å². The maximum Gasteiger partial charge on any atom is 0.138 e. The molecule has 0 amide bonds. The van der Waals surface area contributed by atoms with Crippen molar-refractivity contribution in [2.24, 2.45) is 11.7 Å². The van der Waals surface area contributed by atoms with Crippen molar-refractivity contribution in [2.45, 2.75) is 18.9 Å². The highest BCUT2D eigenvalue weighted by Crippen LogP contribution is 2.32. The maximum absolute atomic E-state index is 8.92. The number of hydrogen-bond acceptors (Lipinski definition) is 3. The Morgan fingerprint density at radius 3 is 2.88 bits per heavy atom. The molecule has 4 heteroatoms. The molecule has 0 atom stereocenters. The van der Waals surface area contributed by atoms with E-state index in [4.69, 9.17) is 27.3 Å². The van der Waals surface area contributed by atoms with E-state index in [1.807, 2.05) is 0 Å². The third-order valence-corrected chi connectivity index (χ3v) is 3.12. The second-order valence-corrected chi connectivity index (χ2v) is 4.50. The topological polar surface area (TPSA) is 59.0 Å². The molecular formula is C12H13ClN2O. The molecule has 0 saturated heterocycles. The number of nitrogens with zero attached hydrogens (tertiary/aromatic N) is 1. The van der Waals surface area contributed by atoms with Crippen LogP contribution in [0.3, 0.4) is 0 Å². The zero-order valence-electron chi connectivity index (χ0n) is 8.82. The van der Waals surface area contributed by atoms with E-state index in [0.29, 0.717) is 28.8 Å². The summed E-state index contributed by atoms with van der Waals surface area (Å²) in [7, 11) is 0. The summed E-state index contributed by atoms with van der Waals surface area (Å²) in [6, 6.07) is 7.15. The van der Waals surface area contributed by atoms with E-state index in [2.05, 4.69) is 6.07 Å². The van der Waals surface area contributed by atoms with E-state index < -0.39 is 0 Å². The lowest BCUT2D eigenvalue weighted by atomic mass is 9.82. The van der Waals surface area contributed by atoms with Crippen LogP contribution in [0.5, 0.6) is 5.75 Å². The largest absolute Gasteiger partial charge is 0.489 e. The molecule has 1 aliphatic rings. The van der Waals surface area contributed by atoms with Gasteiger partial charge in [-0.25, -0.2) is 0 Å². The first-order valence-corrected chi connectivity index (χ1v) is 5.67. The van der Waals surface area contributed by atoms with Crippen molar-refractivity contribution >= 4 is 11.6 Å². The lowest BCUT2D eigenvalue weighted by molar-refractivity contribution is 0.0688. The molecule has 0 heterocycles. The number of halogens is 1. The number of hydrogen-bond donors (Lipinski definition) is 1. The number of rotatable bonds is 3. The van der Waals surface area contributed by atoms with Gasteiger partial charge in [-0.2, -0.15) is 5.26 Å². The minimum Gasteiger partial charge on any atom is -0.489 e. The summed E-state index contributed by atoms with van der Waals surface area (Å²) in [6.45, 7) is 0.709. The summed E-state index contributed by atoms with van der Waals surface area (Å²) in [4.78, 5) is 0. The van der Waals surface area contributed by atoms with Crippen LogP contribution in [0.15, 0.2) is 18.2 Å². The third-order valence-electron chi connectivity index (χ3n) is 2.88. The van der Waals surface area contributed by atoms with Gasteiger partial charge in [0.15, 0.2) is 0 Å². The van der Waals surface area contributed by atoms with Crippen LogP contribution in [0.25, 0.3) is 0 Å². The number of benzene rings is 1. The normalized spacial score (nSPS) is 23.3.